The van der Waals surface area contributed by atoms with E-state index in [0.29, 0.717) is 12.5 Å². The number of carboxylic acids is 1. The van der Waals surface area contributed by atoms with E-state index in [9.17, 15) is 4.79 Å². The third-order valence-electron chi connectivity index (χ3n) is 2.84. The van der Waals surface area contributed by atoms with Gasteiger partial charge in [0.05, 0.1) is 5.92 Å². The molecule has 0 aromatic rings. The molecule has 1 unspecified atom stereocenters. The fraction of sp³-hybridized carbons (Fsp3) is 0.923. The minimum Gasteiger partial charge on any atom is -0.481 e. The standard InChI is InChI=1S/C13H27NO2/c1-10(2)7-8-14(13(4,5)6)9-11(3)12(15)16/h10-11H,7-9H2,1-6H3,(H,15,16). The fourth-order valence-electron chi connectivity index (χ4n) is 1.52. The first-order valence-corrected chi connectivity index (χ1v) is 6.12. The lowest BCUT2D eigenvalue weighted by atomic mass is 10.0. The van der Waals surface area contributed by atoms with E-state index < -0.39 is 5.97 Å². The van der Waals surface area contributed by atoms with Crippen LogP contribution in [-0.4, -0.2) is 34.6 Å². The van der Waals surface area contributed by atoms with Crippen molar-refractivity contribution in [1.82, 2.24) is 4.90 Å². The molecule has 0 radical (unpaired) electrons. The van der Waals surface area contributed by atoms with Gasteiger partial charge in [0.1, 0.15) is 0 Å². The Kier molecular flexibility index (Phi) is 6.01. The minimum absolute atomic E-state index is 0.0403. The van der Waals surface area contributed by atoms with Crippen molar-refractivity contribution in [3.8, 4) is 0 Å². The highest BCUT2D eigenvalue weighted by molar-refractivity contribution is 5.69. The minimum atomic E-state index is -0.709. The van der Waals surface area contributed by atoms with Gasteiger partial charge in [0.25, 0.3) is 0 Å². The number of rotatable bonds is 6. The Morgan fingerprint density at radius 1 is 1.25 bits per heavy atom. The summed E-state index contributed by atoms with van der Waals surface area (Å²) in [5.74, 6) is -0.352. The van der Waals surface area contributed by atoms with Crippen molar-refractivity contribution in [3.63, 3.8) is 0 Å². The molecule has 0 fully saturated rings. The van der Waals surface area contributed by atoms with E-state index in [1.165, 1.54) is 0 Å². The van der Waals surface area contributed by atoms with Crippen molar-refractivity contribution in [2.24, 2.45) is 11.8 Å². The Bertz CT molecular complexity index is 218. The Hall–Kier alpha value is -0.570. The SMILES string of the molecule is CC(C)CCN(CC(C)C(=O)O)C(C)(C)C. The van der Waals surface area contributed by atoms with Crippen LogP contribution in [-0.2, 0) is 4.79 Å². The van der Waals surface area contributed by atoms with Gasteiger partial charge in [-0.3, -0.25) is 9.69 Å². The molecule has 0 heterocycles. The zero-order valence-corrected chi connectivity index (χ0v) is 11.6. The molecular weight excluding hydrogens is 202 g/mol. The number of nitrogens with zero attached hydrogens (tertiary/aromatic N) is 1. The van der Waals surface area contributed by atoms with Crippen molar-refractivity contribution in [2.45, 2.75) is 53.5 Å². The normalized spacial score (nSPS) is 14.5. The first-order valence-electron chi connectivity index (χ1n) is 6.12. The van der Waals surface area contributed by atoms with Crippen LogP contribution in [0.5, 0.6) is 0 Å². The van der Waals surface area contributed by atoms with Gasteiger partial charge in [-0.05, 0) is 39.7 Å². The second-order valence-electron chi connectivity index (χ2n) is 6.04. The Morgan fingerprint density at radius 3 is 2.06 bits per heavy atom. The van der Waals surface area contributed by atoms with Crippen molar-refractivity contribution in [1.29, 1.82) is 0 Å². The summed E-state index contributed by atoms with van der Waals surface area (Å²) >= 11 is 0. The maximum Gasteiger partial charge on any atom is 0.307 e. The third-order valence-corrected chi connectivity index (χ3v) is 2.84. The van der Waals surface area contributed by atoms with Crippen molar-refractivity contribution in [3.05, 3.63) is 0 Å². The predicted molar refractivity (Wildman–Crippen MR) is 67.6 cm³/mol. The molecule has 0 aromatic heterocycles. The molecule has 0 rings (SSSR count). The molecule has 16 heavy (non-hydrogen) atoms. The van der Waals surface area contributed by atoms with Crippen LogP contribution in [0.15, 0.2) is 0 Å². The van der Waals surface area contributed by atoms with Crippen LogP contribution in [0.2, 0.25) is 0 Å². The van der Waals surface area contributed by atoms with Crippen LogP contribution >= 0.6 is 0 Å². The Balaban J connectivity index is 4.39. The summed E-state index contributed by atoms with van der Waals surface area (Å²) in [5.41, 5.74) is 0.0403. The zero-order valence-electron chi connectivity index (χ0n) is 11.6. The fourth-order valence-corrected chi connectivity index (χ4v) is 1.52. The van der Waals surface area contributed by atoms with Crippen molar-refractivity contribution < 1.29 is 9.90 Å². The summed E-state index contributed by atoms with van der Waals surface area (Å²) in [5, 5.41) is 8.95. The largest absolute Gasteiger partial charge is 0.481 e. The van der Waals surface area contributed by atoms with E-state index in [1.54, 1.807) is 6.92 Å². The van der Waals surface area contributed by atoms with Crippen LogP contribution < -0.4 is 0 Å². The highest BCUT2D eigenvalue weighted by Crippen LogP contribution is 2.17. The van der Waals surface area contributed by atoms with E-state index in [0.717, 1.165) is 13.0 Å². The topological polar surface area (TPSA) is 40.5 Å². The molecule has 0 aromatic carbocycles. The number of hydrogen-bond acceptors (Lipinski definition) is 2. The Labute approximate surface area is 99.8 Å². The van der Waals surface area contributed by atoms with E-state index in [1.807, 2.05) is 0 Å². The maximum absolute atomic E-state index is 10.9. The molecule has 0 saturated carbocycles. The summed E-state index contributed by atoms with van der Waals surface area (Å²) in [7, 11) is 0. The van der Waals surface area contributed by atoms with Gasteiger partial charge in [0, 0.05) is 12.1 Å². The van der Waals surface area contributed by atoms with Gasteiger partial charge in [-0.25, -0.2) is 0 Å². The van der Waals surface area contributed by atoms with Gasteiger partial charge in [-0.1, -0.05) is 20.8 Å². The average molecular weight is 229 g/mol. The van der Waals surface area contributed by atoms with Crippen LogP contribution in [0.1, 0.15) is 48.0 Å². The molecular formula is C13H27NO2. The average Bonchev–Trinajstić information content (AvgIpc) is 2.09. The van der Waals surface area contributed by atoms with Crippen LogP contribution in [0, 0.1) is 11.8 Å². The van der Waals surface area contributed by atoms with Gasteiger partial charge in [0.2, 0.25) is 0 Å². The van der Waals surface area contributed by atoms with Gasteiger partial charge < -0.3 is 5.11 Å². The first kappa shape index (κ1) is 15.4. The molecule has 0 amide bonds. The van der Waals surface area contributed by atoms with Crippen molar-refractivity contribution >= 4 is 5.97 Å². The van der Waals surface area contributed by atoms with Crippen molar-refractivity contribution in [2.75, 3.05) is 13.1 Å². The molecule has 0 spiro atoms. The van der Waals surface area contributed by atoms with Gasteiger partial charge in [0.15, 0.2) is 0 Å². The molecule has 1 atom stereocenters. The second-order valence-corrected chi connectivity index (χ2v) is 6.04. The van der Waals surface area contributed by atoms with Crippen LogP contribution in [0.25, 0.3) is 0 Å². The predicted octanol–water partition coefficient (Wildman–Crippen LogP) is 2.85. The number of carboxylic acid groups (broad SMARTS) is 1. The monoisotopic (exact) mass is 229 g/mol. The molecule has 1 N–H and O–H groups in total. The molecule has 3 heteroatoms. The lowest BCUT2D eigenvalue weighted by Crippen LogP contribution is -2.45. The molecule has 3 nitrogen and oxygen atoms in total. The van der Waals surface area contributed by atoms with Crippen LogP contribution in [0.3, 0.4) is 0 Å². The summed E-state index contributed by atoms with van der Waals surface area (Å²) in [6.07, 6.45) is 1.11. The van der Waals surface area contributed by atoms with Gasteiger partial charge >= 0.3 is 5.97 Å². The number of hydrogen-bond donors (Lipinski definition) is 1. The molecule has 96 valence electrons. The van der Waals surface area contributed by atoms with E-state index >= 15 is 0 Å². The first-order chi connectivity index (χ1) is 7.14. The quantitative estimate of drug-likeness (QED) is 0.761. The zero-order chi connectivity index (χ0) is 12.9. The third kappa shape index (κ3) is 6.11. The lowest BCUT2D eigenvalue weighted by Gasteiger charge is -2.37. The summed E-state index contributed by atoms with van der Waals surface area (Å²) in [4.78, 5) is 13.1. The van der Waals surface area contributed by atoms with E-state index in [4.69, 9.17) is 5.11 Å². The van der Waals surface area contributed by atoms with Gasteiger partial charge in [-0.15, -0.1) is 0 Å². The summed E-state index contributed by atoms with van der Waals surface area (Å²) in [6, 6.07) is 0. The molecule has 0 saturated heterocycles. The number of carbonyl (C=O) groups is 1. The summed E-state index contributed by atoms with van der Waals surface area (Å²) < 4.78 is 0. The van der Waals surface area contributed by atoms with E-state index in [2.05, 4.69) is 39.5 Å². The highest BCUT2D eigenvalue weighted by Gasteiger charge is 2.25. The second kappa shape index (κ2) is 6.24. The van der Waals surface area contributed by atoms with Gasteiger partial charge in [-0.2, -0.15) is 0 Å². The molecule has 0 aliphatic heterocycles. The smallest absolute Gasteiger partial charge is 0.307 e. The van der Waals surface area contributed by atoms with Crippen LogP contribution in [0.4, 0.5) is 0 Å². The maximum atomic E-state index is 10.9. The highest BCUT2D eigenvalue weighted by atomic mass is 16.4. The molecule has 0 aliphatic carbocycles. The van der Waals surface area contributed by atoms with E-state index in [-0.39, 0.29) is 11.5 Å². The molecule has 0 aliphatic rings. The Morgan fingerprint density at radius 2 is 1.75 bits per heavy atom. The lowest BCUT2D eigenvalue weighted by molar-refractivity contribution is -0.142. The number of aliphatic carboxylic acids is 1. The molecule has 0 bridgehead atoms. The summed E-state index contributed by atoms with van der Waals surface area (Å²) in [6.45, 7) is 14.2.